The van der Waals surface area contributed by atoms with E-state index in [-0.39, 0.29) is 30.8 Å². The Morgan fingerprint density at radius 1 is 0.969 bits per heavy atom. The number of carbonyl (C=O) groups is 1. The first-order chi connectivity index (χ1) is 15.2. The number of benzene rings is 3. The smallest absolute Gasteiger partial charge is 0.344 e. The second-order valence-corrected chi connectivity index (χ2v) is 7.90. The third kappa shape index (κ3) is 5.84. The van der Waals surface area contributed by atoms with Crippen LogP contribution in [0.3, 0.4) is 0 Å². The van der Waals surface area contributed by atoms with Gasteiger partial charge in [-0.25, -0.2) is 13.6 Å². The molecule has 0 aliphatic carbocycles. The van der Waals surface area contributed by atoms with E-state index in [9.17, 15) is 13.6 Å². The number of rotatable bonds is 8. The van der Waals surface area contributed by atoms with Gasteiger partial charge in [-0.3, -0.25) is 0 Å². The zero-order valence-electron chi connectivity index (χ0n) is 18.7. The van der Waals surface area contributed by atoms with Crippen molar-refractivity contribution in [1.82, 2.24) is 0 Å². The van der Waals surface area contributed by atoms with Crippen molar-refractivity contribution < 1.29 is 23.0 Å². The number of halogens is 2. The largest absolute Gasteiger partial charge is 0.482 e. The zero-order valence-corrected chi connectivity index (χ0v) is 18.7. The zero-order chi connectivity index (χ0) is 23.3. The van der Waals surface area contributed by atoms with Gasteiger partial charge >= 0.3 is 5.97 Å². The van der Waals surface area contributed by atoms with E-state index in [1.807, 2.05) is 31.2 Å². The summed E-state index contributed by atoms with van der Waals surface area (Å²) < 4.78 is 39.5. The molecule has 0 fully saturated rings. The highest BCUT2D eigenvalue weighted by Gasteiger charge is 2.14. The summed E-state index contributed by atoms with van der Waals surface area (Å²) in [4.78, 5) is 11.7. The lowest BCUT2D eigenvalue weighted by Crippen LogP contribution is -2.19. The van der Waals surface area contributed by atoms with E-state index >= 15 is 0 Å². The molecular weight excluding hydrogens is 412 g/mol. The lowest BCUT2D eigenvalue weighted by atomic mass is 10.0. The van der Waals surface area contributed by atoms with Crippen LogP contribution in [0.25, 0.3) is 11.1 Å². The lowest BCUT2D eigenvalue weighted by molar-refractivity contribution is -0.149. The number of anilines is 1. The lowest BCUT2D eigenvalue weighted by Gasteiger charge is -2.16. The van der Waals surface area contributed by atoms with Crippen molar-refractivity contribution in [2.24, 2.45) is 0 Å². The summed E-state index contributed by atoms with van der Waals surface area (Å²) in [5.74, 6) is -1.03. The molecule has 0 spiro atoms. The number of ether oxygens (including phenoxy) is 2. The minimum absolute atomic E-state index is 0.0854. The molecule has 1 N–H and O–H groups in total. The van der Waals surface area contributed by atoms with Gasteiger partial charge in [0.2, 0.25) is 0 Å². The van der Waals surface area contributed by atoms with Crippen LogP contribution in [0, 0.1) is 25.5 Å². The van der Waals surface area contributed by atoms with Gasteiger partial charge in [-0.05, 0) is 63.1 Å². The van der Waals surface area contributed by atoms with Gasteiger partial charge in [0.25, 0.3) is 0 Å². The van der Waals surface area contributed by atoms with Crippen LogP contribution in [0.4, 0.5) is 14.5 Å². The second-order valence-electron chi connectivity index (χ2n) is 7.90. The molecule has 0 atom stereocenters. The Labute approximate surface area is 187 Å². The SMILES string of the molecule is Cc1cccc(-c2ccc(F)c(CNc3c(F)ccc(OCC(=O)OC(C)C)c3C)c2)c1. The molecule has 0 unspecified atom stereocenters. The Balaban J connectivity index is 1.76. The summed E-state index contributed by atoms with van der Waals surface area (Å²) in [6.07, 6.45) is -0.247. The van der Waals surface area contributed by atoms with E-state index in [2.05, 4.69) is 5.32 Å². The highest BCUT2D eigenvalue weighted by molar-refractivity contribution is 5.71. The normalized spacial score (nSPS) is 10.8. The highest BCUT2D eigenvalue weighted by Crippen LogP contribution is 2.30. The van der Waals surface area contributed by atoms with Gasteiger partial charge in [0.05, 0.1) is 11.8 Å². The molecule has 0 bridgehead atoms. The molecule has 0 amide bonds. The molecule has 0 saturated heterocycles. The molecule has 3 aromatic rings. The van der Waals surface area contributed by atoms with Crippen LogP contribution in [0.2, 0.25) is 0 Å². The first kappa shape index (κ1) is 23.3. The summed E-state index contributed by atoms with van der Waals surface area (Å²) in [5, 5.41) is 2.98. The summed E-state index contributed by atoms with van der Waals surface area (Å²) in [7, 11) is 0. The molecule has 0 saturated carbocycles. The van der Waals surface area contributed by atoms with Gasteiger partial charge in [-0.1, -0.05) is 35.9 Å². The second kappa shape index (κ2) is 10.3. The quantitative estimate of drug-likeness (QED) is 0.425. The molecule has 0 radical (unpaired) electrons. The predicted octanol–water partition coefficient (Wildman–Crippen LogP) is 6.19. The topological polar surface area (TPSA) is 47.6 Å². The maximum Gasteiger partial charge on any atom is 0.344 e. The molecule has 0 aromatic heterocycles. The first-order valence-corrected chi connectivity index (χ1v) is 10.5. The number of hydrogen-bond acceptors (Lipinski definition) is 4. The minimum Gasteiger partial charge on any atom is -0.482 e. The van der Waals surface area contributed by atoms with Crippen molar-refractivity contribution in [2.45, 2.75) is 40.3 Å². The van der Waals surface area contributed by atoms with Crippen LogP contribution in [0.5, 0.6) is 5.75 Å². The Morgan fingerprint density at radius 3 is 2.41 bits per heavy atom. The Kier molecular flexibility index (Phi) is 7.46. The van der Waals surface area contributed by atoms with Crippen LogP contribution >= 0.6 is 0 Å². The fourth-order valence-corrected chi connectivity index (χ4v) is 3.36. The molecule has 3 rings (SSSR count). The van der Waals surface area contributed by atoms with Crippen molar-refractivity contribution in [1.29, 1.82) is 0 Å². The van der Waals surface area contributed by atoms with E-state index in [4.69, 9.17) is 9.47 Å². The maximum atomic E-state index is 14.5. The van der Waals surface area contributed by atoms with Crippen molar-refractivity contribution in [3.63, 3.8) is 0 Å². The van der Waals surface area contributed by atoms with Gasteiger partial charge in [0.15, 0.2) is 6.61 Å². The standard InChI is InChI=1S/C26H27F2NO3/c1-16(2)32-25(30)15-31-24-11-10-23(28)26(18(24)4)29-14-21-13-20(8-9-22(21)27)19-7-5-6-17(3)12-19/h5-13,16,29H,14-15H2,1-4H3. The van der Waals surface area contributed by atoms with E-state index in [1.165, 1.54) is 18.2 Å². The van der Waals surface area contributed by atoms with E-state index in [0.29, 0.717) is 16.9 Å². The number of carbonyl (C=O) groups excluding carboxylic acids is 1. The van der Waals surface area contributed by atoms with Gasteiger partial charge in [0.1, 0.15) is 17.4 Å². The van der Waals surface area contributed by atoms with Crippen LogP contribution in [0.15, 0.2) is 54.6 Å². The molecule has 0 aliphatic heterocycles. The van der Waals surface area contributed by atoms with Gasteiger partial charge in [-0.2, -0.15) is 0 Å². The van der Waals surface area contributed by atoms with Crippen LogP contribution in [0.1, 0.15) is 30.5 Å². The van der Waals surface area contributed by atoms with Crippen LogP contribution in [-0.4, -0.2) is 18.7 Å². The molecular formula is C26H27F2NO3. The number of nitrogens with one attached hydrogen (secondary N) is 1. The van der Waals surface area contributed by atoms with Crippen molar-refractivity contribution >= 4 is 11.7 Å². The van der Waals surface area contributed by atoms with E-state index < -0.39 is 11.8 Å². The number of esters is 1. The molecule has 0 aliphatic rings. The van der Waals surface area contributed by atoms with Gasteiger partial charge < -0.3 is 14.8 Å². The van der Waals surface area contributed by atoms with Crippen LogP contribution in [-0.2, 0) is 16.1 Å². The molecule has 6 heteroatoms. The van der Waals surface area contributed by atoms with Crippen LogP contribution < -0.4 is 10.1 Å². The van der Waals surface area contributed by atoms with Crippen molar-refractivity contribution in [3.05, 3.63) is 82.9 Å². The average molecular weight is 440 g/mol. The highest BCUT2D eigenvalue weighted by atomic mass is 19.1. The maximum absolute atomic E-state index is 14.5. The average Bonchev–Trinajstić information content (AvgIpc) is 2.73. The van der Waals surface area contributed by atoms with Crippen molar-refractivity contribution in [2.75, 3.05) is 11.9 Å². The molecule has 4 nitrogen and oxygen atoms in total. The summed E-state index contributed by atoms with van der Waals surface area (Å²) in [5.41, 5.74) is 4.06. The number of aryl methyl sites for hydroxylation is 1. The Morgan fingerprint density at radius 2 is 1.69 bits per heavy atom. The van der Waals surface area contributed by atoms with Gasteiger partial charge in [-0.15, -0.1) is 0 Å². The minimum atomic E-state index is -0.506. The molecule has 168 valence electrons. The van der Waals surface area contributed by atoms with Crippen molar-refractivity contribution in [3.8, 4) is 16.9 Å². The summed E-state index contributed by atoms with van der Waals surface area (Å²) >= 11 is 0. The monoisotopic (exact) mass is 439 g/mol. The van der Waals surface area contributed by atoms with Gasteiger partial charge in [0, 0.05) is 17.7 Å². The summed E-state index contributed by atoms with van der Waals surface area (Å²) in [6, 6.07) is 15.5. The van der Waals surface area contributed by atoms with E-state index in [0.717, 1.165) is 16.7 Å². The predicted molar refractivity (Wildman–Crippen MR) is 122 cm³/mol. The summed E-state index contributed by atoms with van der Waals surface area (Å²) in [6.45, 7) is 6.97. The third-order valence-electron chi connectivity index (χ3n) is 4.93. The Hall–Kier alpha value is -3.41. The molecule has 3 aromatic carbocycles. The fourth-order valence-electron chi connectivity index (χ4n) is 3.36. The third-order valence-corrected chi connectivity index (χ3v) is 4.93. The molecule has 32 heavy (non-hydrogen) atoms. The first-order valence-electron chi connectivity index (χ1n) is 10.5. The van der Waals surface area contributed by atoms with E-state index in [1.54, 1.807) is 32.9 Å². The Bertz CT molecular complexity index is 1110. The fraction of sp³-hybridized carbons (Fsp3) is 0.269. The number of hydrogen-bond donors (Lipinski definition) is 1. The molecule has 0 heterocycles.